The first-order chi connectivity index (χ1) is 10.2. The number of rotatable bonds is 3. The monoisotopic (exact) mass is 298 g/mol. The van der Waals surface area contributed by atoms with E-state index in [1.807, 2.05) is 24.4 Å². The highest BCUT2D eigenvalue weighted by atomic mass is 32.1. The SMILES string of the molecule is CCc1cc(=O)[nH]c2cc(NC(=O)c3ccsc3)ccc12. The van der Waals surface area contributed by atoms with Crippen molar-refractivity contribution in [1.82, 2.24) is 4.98 Å². The Morgan fingerprint density at radius 3 is 2.86 bits per heavy atom. The zero-order valence-corrected chi connectivity index (χ0v) is 12.3. The Morgan fingerprint density at radius 1 is 1.29 bits per heavy atom. The Kier molecular flexibility index (Phi) is 3.58. The molecule has 1 amide bonds. The number of hydrogen-bond acceptors (Lipinski definition) is 3. The number of thiophene rings is 1. The number of aryl methyl sites for hydroxylation is 1. The lowest BCUT2D eigenvalue weighted by atomic mass is 10.1. The summed E-state index contributed by atoms with van der Waals surface area (Å²) in [5.41, 5.74) is 2.92. The van der Waals surface area contributed by atoms with Gasteiger partial charge >= 0.3 is 0 Å². The molecular formula is C16H14N2O2S. The molecule has 0 aliphatic heterocycles. The lowest BCUT2D eigenvalue weighted by molar-refractivity contribution is 0.102. The Balaban J connectivity index is 1.98. The molecule has 0 bridgehead atoms. The average molecular weight is 298 g/mol. The van der Waals surface area contributed by atoms with Crippen molar-refractivity contribution in [3.8, 4) is 0 Å². The van der Waals surface area contributed by atoms with E-state index < -0.39 is 0 Å². The van der Waals surface area contributed by atoms with Gasteiger partial charge in [0.15, 0.2) is 0 Å². The number of carbonyl (C=O) groups is 1. The first-order valence-corrected chi connectivity index (χ1v) is 7.61. The zero-order valence-electron chi connectivity index (χ0n) is 11.5. The van der Waals surface area contributed by atoms with Crippen LogP contribution >= 0.6 is 11.3 Å². The first kappa shape index (κ1) is 13.6. The molecule has 2 aromatic heterocycles. The van der Waals surface area contributed by atoms with Crippen LogP contribution < -0.4 is 10.9 Å². The van der Waals surface area contributed by atoms with Gasteiger partial charge in [0.2, 0.25) is 5.56 Å². The molecule has 0 radical (unpaired) electrons. The third kappa shape index (κ3) is 2.73. The van der Waals surface area contributed by atoms with Gasteiger partial charge in [-0.1, -0.05) is 13.0 Å². The van der Waals surface area contributed by atoms with Gasteiger partial charge in [-0.05, 0) is 35.6 Å². The summed E-state index contributed by atoms with van der Waals surface area (Å²) in [5.74, 6) is -0.149. The van der Waals surface area contributed by atoms with Gasteiger partial charge in [0, 0.05) is 22.5 Å². The summed E-state index contributed by atoms with van der Waals surface area (Å²) >= 11 is 1.48. The highest BCUT2D eigenvalue weighted by Gasteiger charge is 2.08. The molecule has 0 saturated carbocycles. The van der Waals surface area contributed by atoms with Crippen LogP contribution in [0.2, 0.25) is 0 Å². The van der Waals surface area contributed by atoms with Crippen molar-refractivity contribution in [3.63, 3.8) is 0 Å². The average Bonchev–Trinajstić information content (AvgIpc) is 3.00. The topological polar surface area (TPSA) is 62.0 Å². The molecule has 0 saturated heterocycles. The van der Waals surface area contributed by atoms with Crippen LogP contribution in [0, 0.1) is 0 Å². The smallest absolute Gasteiger partial charge is 0.256 e. The van der Waals surface area contributed by atoms with Crippen LogP contribution in [0.1, 0.15) is 22.8 Å². The van der Waals surface area contributed by atoms with Crippen molar-refractivity contribution < 1.29 is 4.79 Å². The molecule has 3 aromatic rings. The summed E-state index contributed by atoms with van der Waals surface area (Å²) in [6.45, 7) is 2.01. The van der Waals surface area contributed by atoms with Gasteiger partial charge in [-0.2, -0.15) is 11.3 Å². The van der Waals surface area contributed by atoms with Crippen molar-refractivity contribution in [2.75, 3.05) is 5.32 Å². The maximum atomic E-state index is 12.0. The van der Waals surface area contributed by atoms with Crippen LogP contribution in [0.5, 0.6) is 0 Å². The molecule has 2 N–H and O–H groups in total. The van der Waals surface area contributed by atoms with E-state index in [4.69, 9.17) is 0 Å². The van der Waals surface area contributed by atoms with E-state index in [1.54, 1.807) is 23.6 Å². The van der Waals surface area contributed by atoms with Gasteiger partial charge < -0.3 is 10.3 Å². The van der Waals surface area contributed by atoms with E-state index in [-0.39, 0.29) is 11.5 Å². The van der Waals surface area contributed by atoms with Crippen molar-refractivity contribution in [2.24, 2.45) is 0 Å². The molecule has 0 fully saturated rings. The van der Waals surface area contributed by atoms with Gasteiger partial charge in [0.25, 0.3) is 5.91 Å². The third-order valence-electron chi connectivity index (χ3n) is 3.35. The predicted octanol–water partition coefficient (Wildman–Crippen LogP) is 3.40. The van der Waals surface area contributed by atoms with Crippen LogP contribution in [0.15, 0.2) is 45.9 Å². The standard InChI is InChI=1S/C16H14N2O2S/c1-2-10-7-15(19)18-14-8-12(3-4-13(10)14)17-16(20)11-5-6-21-9-11/h3-9H,2H2,1H3,(H,17,20)(H,18,19). The number of pyridine rings is 1. The summed E-state index contributed by atoms with van der Waals surface area (Å²) in [4.78, 5) is 26.5. The molecule has 2 heterocycles. The van der Waals surface area contributed by atoms with E-state index in [2.05, 4.69) is 10.3 Å². The summed E-state index contributed by atoms with van der Waals surface area (Å²) in [6, 6.07) is 8.96. The number of fused-ring (bicyclic) bond motifs is 1. The number of aromatic amines is 1. The molecule has 3 rings (SSSR count). The molecule has 0 unspecified atom stereocenters. The van der Waals surface area contributed by atoms with Gasteiger partial charge in [-0.25, -0.2) is 0 Å². The molecule has 21 heavy (non-hydrogen) atoms. The fourth-order valence-corrected chi connectivity index (χ4v) is 2.94. The fraction of sp³-hybridized carbons (Fsp3) is 0.125. The largest absolute Gasteiger partial charge is 0.322 e. The van der Waals surface area contributed by atoms with E-state index in [1.165, 1.54) is 11.3 Å². The minimum atomic E-state index is -0.149. The van der Waals surface area contributed by atoms with Crippen LogP contribution in [0.25, 0.3) is 10.9 Å². The highest BCUT2D eigenvalue weighted by Crippen LogP contribution is 2.20. The van der Waals surface area contributed by atoms with E-state index >= 15 is 0 Å². The minimum Gasteiger partial charge on any atom is -0.322 e. The van der Waals surface area contributed by atoms with Gasteiger partial charge in [-0.15, -0.1) is 0 Å². The second kappa shape index (κ2) is 5.54. The second-order valence-corrected chi connectivity index (χ2v) is 5.52. The van der Waals surface area contributed by atoms with Crippen molar-refractivity contribution in [3.05, 3.63) is 62.6 Å². The van der Waals surface area contributed by atoms with Crippen LogP contribution in [0.3, 0.4) is 0 Å². The molecule has 0 aliphatic carbocycles. The second-order valence-electron chi connectivity index (χ2n) is 4.74. The molecule has 4 nitrogen and oxygen atoms in total. The molecule has 0 atom stereocenters. The van der Waals surface area contributed by atoms with Gasteiger partial charge in [-0.3, -0.25) is 9.59 Å². The third-order valence-corrected chi connectivity index (χ3v) is 4.03. The predicted molar refractivity (Wildman–Crippen MR) is 86.2 cm³/mol. The number of carbonyl (C=O) groups excluding carboxylic acids is 1. The number of amides is 1. The number of H-pyrrole nitrogens is 1. The Hall–Kier alpha value is -2.40. The lowest BCUT2D eigenvalue weighted by Gasteiger charge is -2.08. The Bertz CT molecular complexity index is 850. The molecule has 106 valence electrons. The fourth-order valence-electron chi connectivity index (χ4n) is 2.30. The number of anilines is 1. The Labute approximate surface area is 125 Å². The van der Waals surface area contributed by atoms with Crippen molar-refractivity contribution >= 4 is 33.8 Å². The summed E-state index contributed by atoms with van der Waals surface area (Å²) in [5, 5.41) is 7.50. The highest BCUT2D eigenvalue weighted by molar-refractivity contribution is 7.08. The number of benzene rings is 1. The normalized spacial score (nSPS) is 10.7. The van der Waals surface area contributed by atoms with E-state index in [9.17, 15) is 9.59 Å². The van der Waals surface area contributed by atoms with E-state index in [0.717, 1.165) is 22.9 Å². The molecule has 0 spiro atoms. The first-order valence-electron chi connectivity index (χ1n) is 6.67. The summed E-state index contributed by atoms with van der Waals surface area (Å²) in [6.07, 6.45) is 0.793. The summed E-state index contributed by atoms with van der Waals surface area (Å²) < 4.78 is 0. The number of hydrogen-bond donors (Lipinski definition) is 2. The lowest BCUT2D eigenvalue weighted by Crippen LogP contribution is -2.11. The molecule has 5 heteroatoms. The minimum absolute atomic E-state index is 0.124. The van der Waals surface area contributed by atoms with Crippen LogP contribution in [-0.2, 0) is 6.42 Å². The maximum absolute atomic E-state index is 12.0. The molecular weight excluding hydrogens is 284 g/mol. The quantitative estimate of drug-likeness (QED) is 0.778. The van der Waals surface area contributed by atoms with Crippen molar-refractivity contribution in [1.29, 1.82) is 0 Å². The zero-order chi connectivity index (χ0) is 14.8. The van der Waals surface area contributed by atoms with Gasteiger partial charge in [0.05, 0.1) is 11.1 Å². The molecule has 0 aliphatic rings. The van der Waals surface area contributed by atoms with Crippen LogP contribution in [-0.4, -0.2) is 10.9 Å². The maximum Gasteiger partial charge on any atom is 0.256 e. The van der Waals surface area contributed by atoms with Gasteiger partial charge in [0.1, 0.15) is 0 Å². The molecule has 1 aromatic carbocycles. The Morgan fingerprint density at radius 2 is 2.14 bits per heavy atom. The number of nitrogens with one attached hydrogen (secondary N) is 2. The van der Waals surface area contributed by atoms with Crippen LogP contribution in [0.4, 0.5) is 5.69 Å². The van der Waals surface area contributed by atoms with E-state index in [0.29, 0.717) is 11.3 Å². The van der Waals surface area contributed by atoms with Crippen molar-refractivity contribution in [2.45, 2.75) is 13.3 Å². The summed E-state index contributed by atoms with van der Waals surface area (Å²) in [7, 11) is 0. The number of aromatic nitrogens is 1.